The van der Waals surface area contributed by atoms with Gasteiger partial charge in [-0.05, 0) is 62.0 Å². The summed E-state index contributed by atoms with van der Waals surface area (Å²) in [7, 11) is 0. The summed E-state index contributed by atoms with van der Waals surface area (Å²) in [5, 5.41) is 17.8. The maximum Gasteiger partial charge on any atom is 0.217 e. The molecular formula is C25H29N7O3. The number of benzene rings is 1. The molecule has 0 amide bonds. The van der Waals surface area contributed by atoms with E-state index in [1.54, 1.807) is 13.8 Å². The zero-order chi connectivity index (χ0) is 25.0. The van der Waals surface area contributed by atoms with Crippen LogP contribution < -0.4 is 16.2 Å². The van der Waals surface area contributed by atoms with E-state index in [9.17, 15) is 5.11 Å². The molecular weight excluding hydrogens is 446 g/mol. The van der Waals surface area contributed by atoms with Crippen molar-refractivity contribution in [3.05, 3.63) is 47.7 Å². The van der Waals surface area contributed by atoms with Crippen molar-refractivity contribution in [2.24, 2.45) is 5.73 Å². The highest BCUT2D eigenvalue weighted by molar-refractivity contribution is 5.86. The highest BCUT2D eigenvalue weighted by atomic mass is 16.6. The molecule has 0 bridgehead atoms. The number of nitrogens with zero attached hydrogens (tertiary/aromatic N) is 5. The van der Waals surface area contributed by atoms with Gasteiger partial charge in [-0.1, -0.05) is 36.3 Å². The molecule has 10 nitrogen and oxygen atoms in total. The lowest BCUT2D eigenvalue weighted by Crippen LogP contribution is -2.14. The molecule has 0 aliphatic heterocycles. The van der Waals surface area contributed by atoms with Crippen LogP contribution in [0, 0.1) is 11.8 Å². The van der Waals surface area contributed by atoms with Gasteiger partial charge >= 0.3 is 0 Å². The molecule has 0 saturated heterocycles. The highest BCUT2D eigenvalue weighted by Crippen LogP contribution is 2.32. The average molecular weight is 476 g/mol. The first-order valence-corrected chi connectivity index (χ1v) is 11.5. The molecule has 10 heteroatoms. The number of hydrogen-bond acceptors (Lipinski definition) is 9. The van der Waals surface area contributed by atoms with Gasteiger partial charge in [0, 0.05) is 12.6 Å². The van der Waals surface area contributed by atoms with Gasteiger partial charge in [-0.3, -0.25) is 0 Å². The Balaban J connectivity index is 1.87. The van der Waals surface area contributed by atoms with E-state index in [0.29, 0.717) is 41.7 Å². The zero-order valence-electron chi connectivity index (χ0n) is 20.0. The third kappa shape index (κ3) is 5.42. The molecule has 0 spiro atoms. The first-order valence-electron chi connectivity index (χ1n) is 11.5. The molecule has 5 N–H and O–H groups in total. The van der Waals surface area contributed by atoms with E-state index in [2.05, 4.69) is 27.1 Å². The summed E-state index contributed by atoms with van der Waals surface area (Å²) >= 11 is 0. The summed E-state index contributed by atoms with van der Waals surface area (Å²) in [4.78, 5) is 9.38. The predicted octanol–water partition coefficient (Wildman–Crippen LogP) is 3.06. The molecule has 35 heavy (non-hydrogen) atoms. The molecule has 4 aromatic rings. The zero-order valence-corrected chi connectivity index (χ0v) is 20.0. The fourth-order valence-corrected chi connectivity index (χ4v) is 3.72. The van der Waals surface area contributed by atoms with Crippen molar-refractivity contribution in [1.29, 1.82) is 0 Å². The standard InChI is InChI=1S/C25H29N7O3/c1-4-32-18-15-20(34-19(11-8-14-26)16-9-6-5-7-10-16)28-17(12-13-25(2,3)33)21(18)29-24(32)22-23(27)31-35-30-22/h5-7,9-10,15,19,33H,4,8,11,14,26H2,1-3H3,(H2,27,31). The minimum absolute atomic E-state index is 0.134. The lowest BCUT2D eigenvalue weighted by atomic mass is 10.0. The SMILES string of the molecule is CCn1c(-c2nonc2N)nc2c(C#CC(C)(C)O)nc(OC(CCCN)c3ccccc3)cc21. The van der Waals surface area contributed by atoms with Gasteiger partial charge in [-0.25, -0.2) is 14.6 Å². The third-order valence-corrected chi connectivity index (χ3v) is 5.35. The van der Waals surface area contributed by atoms with Crippen LogP contribution in [0.25, 0.3) is 22.6 Å². The van der Waals surface area contributed by atoms with Crippen LogP contribution >= 0.6 is 0 Å². The van der Waals surface area contributed by atoms with E-state index < -0.39 is 5.60 Å². The van der Waals surface area contributed by atoms with Crippen molar-refractivity contribution < 1.29 is 14.5 Å². The van der Waals surface area contributed by atoms with Gasteiger partial charge in [0.1, 0.15) is 22.9 Å². The molecule has 1 unspecified atom stereocenters. The van der Waals surface area contributed by atoms with Crippen LogP contribution in [0.2, 0.25) is 0 Å². The Morgan fingerprint density at radius 3 is 2.60 bits per heavy atom. The molecule has 0 radical (unpaired) electrons. The number of nitrogen functional groups attached to an aromatic ring is 1. The summed E-state index contributed by atoms with van der Waals surface area (Å²) < 4.78 is 13.1. The van der Waals surface area contributed by atoms with Crippen molar-refractivity contribution in [3.8, 4) is 29.2 Å². The van der Waals surface area contributed by atoms with Crippen molar-refractivity contribution in [3.63, 3.8) is 0 Å². The number of rotatable bonds is 8. The number of nitrogens with two attached hydrogens (primary N) is 2. The van der Waals surface area contributed by atoms with Crippen molar-refractivity contribution in [2.75, 3.05) is 12.3 Å². The fraction of sp³-hybridized carbons (Fsp3) is 0.360. The molecule has 0 fully saturated rings. The molecule has 3 heterocycles. The van der Waals surface area contributed by atoms with Gasteiger partial charge < -0.3 is 25.9 Å². The van der Waals surface area contributed by atoms with Gasteiger partial charge in [0.15, 0.2) is 17.3 Å². The summed E-state index contributed by atoms with van der Waals surface area (Å²) in [6, 6.07) is 11.8. The number of aromatic nitrogens is 5. The summed E-state index contributed by atoms with van der Waals surface area (Å²) in [6.45, 7) is 6.31. The fourth-order valence-electron chi connectivity index (χ4n) is 3.72. The second kappa shape index (κ2) is 10.1. The van der Waals surface area contributed by atoms with Crippen LogP contribution in [0.1, 0.15) is 51.0 Å². The van der Waals surface area contributed by atoms with Crippen LogP contribution in [0.4, 0.5) is 5.82 Å². The predicted molar refractivity (Wildman–Crippen MR) is 132 cm³/mol. The van der Waals surface area contributed by atoms with E-state index in [1.165, 1.54) is 0 Å². The van der Waals surface area contributed by atoms with Crippen LogP contribution in [-0.4, -0.2) is 42.1 Å². The van der Waals surface area contributed by atoms with E-state index in [-0.39, 0.29) is 11.9 Å². The van der Waals surface area contributed by atoms with E-state index in [0.717, 1.165) is 23.9 Å². The van der Waals surface area contributed by atoms with Crippen LogP contribution in [-0.2, 0) is 6.54 Å². The molecule has 4 rings (SSSR count). The molecule has 0 saturated carbocycles. The monoisotopic (exact) mass is 475 g/mol. The molecule has 3 aromatic heterocycles. The van der Waals surface area contributed by atoms with E-state index in [1.807, 2.05) is 47.9 Å². The minimum Gasteiger partial charge on any atom is -0.469 e. The minimum atomic E-state index is -1.21. The van der Waals surface area contributed by atoms with Gasteiger partial charge in [-0.15, -0.1) is 0 Å². The van der Waals surface area contributed by atoms with Gasteiger partial charge in [-0.2, -0.15) is 0 Å². The largest absolute Gasteiger partial charge is 0.469 e. The van der Waals surface area contributed by atoms with Crippen LogP contribution in [0.3, 0.4) is 0 Å². The topological polar surface area (TPSA) is 151 Å². The van der Waals surface area contributed by atoms with E-state index >= 15 is 0 Å². The second-order valence-electron chi connectivity index (χ2n) is 8.61. The molecule has 1 atom stereocenters. The van der Waals surface area contributed by atoms with Crippen LogP contribution in [0.5, 0.6) is 5.88 Å². The Morgan fingerprint density at radius 1 is 1.20 bits per heavy atom. The second-order valence-corrected chi connectivity index (χ2v) is 8.61. The smallest absolute Gasteiger partial charge is 0.217 e. The number of hydrogen-bond donors (Lipinski definition) is 3. The Bertz CT molecular complexity index is 1360. The molecule has 0 aliphatic rings. The highest BCUT2D eigenvalue weighted by Gasteiger charge is 2.23. The number of aliphatic hydroxyl groups is 1. The lowest BCUT2D eigenvalue weighted by Gasteiger charge is -2.19. The molecule has 182 valence electrons. The maximum absolute atomic E-state index is 10.2. The number of aryl methyl sites for hydroxylation is 1. The maximum atomic E-state index is 10.2. The number of imidazole rings is 1. The lowest BCUT2D eigenvalue weighted by molar-refractivity contribution is 0.143. The first kappa shape index (κ1) is 24.2. The van der Waals surface area contributed by atoms with Crippen molar-refractivity contribution >= 4 is 16.9 Å². The quantitative estimate of drug-likeness (QED) is 0.326. The molecule has 1 aromatic carbocycles. The van der Waals surface area contributed by atoms with Gasteiger partial charge in [0.25, 0.3) is 0 Å². The Kier molecular flexibility index (Phi) is 7.00. The Labute approximate surface area is 203 Å². The van der Waals surface area contributed by atoms with Crippen LogP contribution in [0.15, 0.2) is 41.0 Å². The number of ether oxygens (including phenoxy) is 1. The van der Waals surface area contributed by atoms with E-state index in [4.69, 9.17) is 25.8 Å². The van der Waals surface area contributed by atoms with Crippen molar-refractivity contribution in [1.82, 2.24) is 24.8 Å². The summed E-state index contributed by atoms with van der Waals surface area (Å²) in [5.74, 6) is 6.79. The number of anilines is 1. The first-order chi connectivity index (χ1) is 16.8. The summed E-state index contributed by atoms with van der Waals surface area (Å²) in [6.07, 6.45) is 1.28. The Morgan fingerprint density at radius 2 is 1.97 bits per heavy atom. The Hall–Kier alpha value is -3.94. The molecule has 0 aliphatic carbocycles. The number of fused-ring (bicyclic) bond motifs is 1. The van der Waals surface area contributed by atoms with Gasteiger partial charge in [0.05, 0.1) is 5.52 Å². The summed E-state index contributed by atoms with van der Waals surface area (Å²) in [5.41, 5.74) is 13.5. The normalized spacial score (nSPS) is 12.4. The van der Waals surface area contributed by atoms with Gasteiger partial charge in [0.2, 0.25) is 5.88 Å². The third-order valence-electron chi connectivity index (χ3n) is 5.35. The average Bonchev–Trinajstić information content (AvgIpc) is 3.42. The number of pyridine rings is 1. The van der Waals surface area contributed by atoms with Crippen molar-refractivity contribution in [2.45, 2.75) is 51.9 Å².